The van der Waals surface area contributed by atoms with E-state index in [0.29, 0.717) is 0 Å². The number of anilines is 3. The molecule has 0 aromatic heterocycles. The Kier molecular flexibility index (Phi) is 8.08. The molecule has 0 aliphatic heterocycles. The summed E-state index contributed by atoms with van der Waals surface area (Å²) in [6.07, 6.45) is 0. The van der Waals surface area contributed by atoms with Gasteiger partial charge in [-0.2, -0.15) is 0 Å². The monoisotopic (exact) mass is 791 g/mol. The van der Waals surface area contributed by atoms with Gasteiger partial charge in [0.05, 0.1) is 11.4 Å². The first-order valence-electron chi connectivity index (χ1n) is 21.8. The van der Waals surface area contributed by atoms with E-state index in [0.717, 1.165) is 17.1 Å². The van der Waals surface area contributed by atoms with Gasteiger partial charge in [0, 0.05) is 27.6 Å². The zero-order valence-electron chi connectivity index (χ0n) is 35.2. The number of hydrogen-bond donors (Lipinski definition) is 0. The van der Waals surface area contributed by atoms with Crippen LogP contribution in [-0.2, 0) is 10.8 Å². The lowest BCUT2D eigenvalue weighted by molar-refractivity contribution is 0.662. The smallest absolute Gasteiger partial charge is 0.0540 e. The highest BCUT2D eigenvalue weighted by Gasteiger charge is 2.42. The first-order chi connectivity index (χ1) is 30.4. The summed E-state index contributed by atoms with van der Waals surface area (Å²) in [6, 6.07) is 81.4. The van der Waals surface area contributed by atoms with Crippen molar-refractivity contribution in [1.82, 2.24) is 0 Å². The van der Waals surface area contributed by atoms with Crippen molar-refractivity contribution in [3.8, 4) is 44.5 Å². The second kappa shape index (κ2) is 13.8. The molecule has 2 aliphatic carbocycles. The van der Waals surface area contributed by atoms with Gasteiger partial charge in [-0.05, 0) is 120 Å². The number of hydrogen-bond acceptors (Lipinski definition) is 1. The summed E-state index contributed by atoms with van der Waals surface area (Å²) >= 11 is 0. The summed E-state index contributed by atoms with van der Waals surface area (Å²) in [5, 5.41) is 5.04. The molecule has 10 aromatic rings. The van der Waals surface area contributed by atoms with Crippen LogP contribution in [0.4, 0.5) is 17.1 Å². The van der Waals surface area contributed by atoms with E-state index in [2.05, 4.69) is 244 Å². The summed E-state index contributed by atoms with van der Waals surface area (Å²) in [4.78, 5) is 2.54. The molecule has 2 aliphatic rings. The fourth-order valence-electron chi connectivity index (χ4n) is 11.2. The van der Waals surface area contributed by atoms with Gasteiger partial charge in [-0.3, -0.25) is 0 Å². The predicted molar refractivity (Wildman–Crippen MR) is 262 cm³/mol. The lowest BCUT2D eigenvalue weighted by Crippen LogP contribution is -2.23. The van der Waals surface area contributed by atoms with Crippen molar-refractivity contribution in [2.75, 3.05) is 4.90 Å². The van der Waals surface area contributed by atoms with E-state index in [1.165, 1.54) is 93.9 Å². The molecule has 0 saturated carbocycles. The second-order valence-electron chi connectivity index (χ2n) is 17.8. The van der Waals surface area contributed by atoms with Gasteiger partial charge in [-0.25, -0.2) is 0 Å². The summed E-state index contributed by atoms with van der Waals surface area (Å²) in [5.74, 6) is 0. The van der Waals surface area contributed by atoms with Gasteiger partial charge >= 0.3 is 0 Å². The fourth-order valence-corrected chi connectivity index (χ4v) is 11.2. The Morgan fingerprint density at radius 3 is 1.68 bits per heavy atom. The van der Waals surface area contributed by atoms with Crippen molar-refractivity contribution < 1.29 is 0 Å². The molecule has 1 unspecified atom stereocenters. The number of para-hydroxylation sites is 2. The van der Waals surface area contributed by atoms with Gasteiger partial charge < -0.3 is 4.90 Å². The van der Waals surface area contributed by atoms with Crippen molar-refractivity contribution in [1.29, 1.82) is 0 Å². The lowest BCUT2D eigenvalue weighted by atomic mass is 9.74. The minimum absolute atomic E-state index is 0.176. The van der Waals surface area contributed by atoms with E-state index >= 15 is 0 Å². The molecule has 0 bridgehead atoms. The summed E-state index contributed by atoms with van der Waals surface area (Å²) in [7, 11) is 0. The molecule has 0 N–H and O–H groups in total. The molecule has 12 rings (SSSR count). The van der Waals surface area contributed by atoms with Crippen LogP contribution in [0.25, 0.3) is 66.1 Å². The number of nitrogens with zero attached hydrogens (tertiary/aromatic N) is 1. The molecule has 294 valence electrons. The quantitative estimate of drug-likeness (QED) is 0.152. The molecule has 62 heavy (non-hydrogen) atoms. The molecule has 1 heteroatoms. The van der Waals surface area contributed by atoms with Crippen LogP contribution in [0.5, 0.6) is 0 Å². The molecular weight excluding hydrogens is 747 g/mol. The molecule has 0 heterocycles. The Morgan fingerprint density at radius 1 is 0.339 bits per heavy atom. The molecule has 0 amide bonds. The Morgan fingerprint density at radius 2 is 0.887 bits per heavy atom. The van der Waals surface area contributed by atoms with E-state index in [1.54, 1.807) is 0 Å². The van der Waals surface area contributed by atoms with Gasteiger partial charge in [-0.1, -0.05) is 202 Å². The van der Waals surface area contributed by atoms with E-state index in [-0.39, 0.29) is 10.8 Å². The maximum absolute atomic E-state index is 2.54. The molecule has 0 saturated heterocycles. The normalized spacial score (nSPS) is 15.5. The SMILES string of the molecule is CC1(C)c2ccccc2-c2cccc(-c3ccccc3N(c3ccc4c(c3)C(C)(c3ccccc3)c3ccccc3-4)c3ccccc3-c3ccc4c(ccc5ccccc54)c3)c21. The predicted octanol–water partition coefficient (Wildman–Crippen LogP) is 16.4. The number of benzene rings is 10. The van der Waals surface area contributed by atoms with E-state index < -0.39 is 0 Å². The maximum atomic E-state index is 2.54. The van der Waals surface area contributed by atoms with Crippen molar-refractivity contribution in [2.24, 2.45) is 0 Å². The van der Waals surface area contributed by atoms with Crippen LogP contribution < -0.4 is 4.90 Å². The fraction of sp³-hybridized carbons (Fsp3) is 0.0820. The zero-order chi connectivity index (χ0) is 41.6. The van der Waals surface area contributed by atoms with E-state index in [1.807, 2.05) is 0 Å². The molecule has 1 atom stereocenters. The first kappa shape index (κ1) is 36.4. The summed E-state index contributed by atoms with van der Waals surface area (Å²) < 4.78 is 0. The van der Waals surface area contributed by atoms with Gasteiger partial charge in [0.15, 0.2) is 0 Å². The van der Waals surface area contributed by atoms with Crippen LogP contribution in [0.3, 0.4) is 0 Å². The van der Waals surface area contributed by atoms with Gasteiger partial charge in [0.2, 0.25) is 0 Å². The highest BCUT2D eigenvalue weighted by molar-refractivity contribution is 6.09. The Labute approximate surface area is 364 Å². The molecule has 1 nitrogen and oxygen atoms in total. The van der Waals surface area contributed by atoms with Crippen LogP contribution in [-0.4, -0.2) is 0 Å². The first-order valence-corrected chi connectivity index (χ1v) is 21.8. The largest absolute Gasteiger partial charge is 0.309 e. The van der Waals surface area contributed by atoms with Crippen LogP contribution in [0.1, 0.15) is 48.6 Å². The molecule has 0 spiro atoms. The van der Waals surface area contributed by atoms with Gasteiger partial charge in [-0.15, -0.1) is 0 Å². The highest BCUT2D eigenvalue weighted by Crippen LogP contribution is 2.57. The van der Waals surface area contributed by atoms with Crippen LogP contribution in [0, 0.1) is 0 Å². The Hall–Kier alpha value is -7.48. The average Bonchev–Trinajstić information content (AvgIpc) is 3.73. The van der Waals surface area contributed by atoms with Crippen molar-refractivity contribution in [3.63, 3.8) is 0 Å². The topological polar surface area (TPSA) is 3.24 Å². The minimum Gasteiger partial charge on any atom is -0.309 e. The third-order valence-electron chi connectivity index (χ3n) is 14.1. The van der Waals surface area contributed by atoms with Crippen LogP contribution in [0.2, 0.25) is 0 Å². The second-order valence-corrected chi connectivity index (χ2v) is 17.8. The molecular formula is C61H45N. The maximum Gasteiger partial charge on any atom is 0.0540 e. The highest BCUT2D eigenvalue weighted by atomic mass is 15.1. The van der Waals surface area contributed by atoms with E-state index in [4.69, 9.17) is 0 Å². The lowest BCUT2D eigenvalue weighted by Gasteiger charge is -2.33. The summed E-state index contributed by atoms with van der Waals surface area (Å²) in [5.41, 5.74) is 19.7. The number of rotatable bonds is 6. The zero-order valence-corrected chi connectivity index (χ0v) is 35.2. The van der Waals surface area contributed by atoms with Crippen molar-refractivity contribution in [2.45, 2.75) is 31.6 Å². The Balaban J connectivity index is 1.12. The third-order valence-corrected chi connectivity index (χ3v) is 14.1. The van der Waals surface area contributed by atoms with Gasteiger partial charge in [0.25, 0.3) is 0 Å². The Bertz CT molecular complexity index is 3410. The molecule has 0 radical (unpaired) electrons. The van der Waals surface area contributed by atoms with Crippen molar-refractivity contribution in [3.05, 3.63) is 246 Å². The standard InChI is InChI=1S/C61H45N/c1-60(2)54-28-13-9-24-49(54)52-26-17-27-53(59(52)60)51-25-12-16-31-58(51)62(44-35-37-50-48-23-10-14-29-55(48)61(3,56(50)39-44)43-19-5-4-6-20-43)57-30-15-11-22-47(57)42-34-36-46-41(38-42)33-32-40-18-7-8-21-45(40)46/h4-39H,1-3H3. The van der Waals surface area contributed by atoms with Gasteiger partial charge in [0.1, 0.15) is 0 Å². The van der Waals surface area contributed by atoms with Crippen LogP contribution >= 0.6 is 0 Å². The van der Waals surface area contributed by atoms with E-state index in [9.17, 15) is 0 Å². The average molecular weight is 792 g/mol. The third kappa shape index (κ3) is 5.28. The van der Waals surface area contributed by atoms with Crippen molar-refractivity contribution >= 4 is 38.6 Å². The molecule has 0 fully saturated rings. The number of fused-ring (bicyclic) bond motifs is 9. The minimum atomic E-state index is -0.342. The van der Waals surface area contributed by atoms with Crippen LogP contribution in [0.15, 0.2) is 218 Å². The molecule has 10 aromatic carbocycles. The summed E-state index contributed by atoms with van der Waals surface area (Å²) in [6.45, 7) is 7.19.